The van der Waals surface area contributed by atoms with Crippen LogP contribution in [0.1, 0.15) is 110 Å². The highest BCUT2D eigenvalue weighted by atomic mass is 79.9. The minimum absolute atomic E-state index is 0. The van der Waals surface area contributed by atoms with Gasteiger partial charge in [-0.2, -0.15) is 0 Å². The number of nitrogens with two attached hydrogens (primary N) is 1. The zero-order valence-electron chi connectivity index (χ0n) is 14.2. The van der Waals surface area contributed by atoms with Crippen LogP contribution in [0.5, 0.6) is 0 Å². The van der Waals surface area contributed by atoms with Crippen LogP contribution < -0.4 is 5.73 Å². The zero-order chi connectivity index (χ0) is 14.2. The second-order valence-corrected chi connectivity index (χ2v) is 6.23. The lowest BCUT2D eigenvalue weighted by atomic mass is 10.0. The molecule has 0 aromatic heterocycles. The number of rotatable bonds is 15. The summed E-state index contributed by atoms with van der Waals surface area (Å²) < 4.78 is 0. The maximum Gasteiger partial charge on any atom is 0.00388 e. The van der Waals surface area contributed by atoms with E-state index in [1.165, 1.54) is 96.3 Å². The quantitative estimate of drug-likeness (QED) is 0.324. The average Bonchev–Trinajstić information content (AvgIpc) is 2.41. The molecule has 20 heavy (non-hydrogen) atoms. The maximum atomic E-state index is 6.18. The Kier molecular flexibility index (Phi) is 22.1. The molecule has 0 aliphatic carbocycles. The summed E-state index contributed by atoms with van der Waals surface area (Å²) in [5.74, 6) is 0. The Morgan fingerprint density at radius 3 is 1.20 bits per heavy atom. The van der Waals surface area contributed by atoms with E-state index in [0.29, 0.717) is 6.04 Å². The van der Waals surface area contributed by atoms with Gasteiger partial charge >= 0.3 is 0 Å². The van der Waals surface area contributed by atoms with Crippen molar-refractivity contribution in [2.24, 2.45) is 5.73 Å². The van der Waals surface area contributed by atoms with Crippen molar-refractivity contribution in [2.75, 3.05) is 0 Å². The van der Waals surface area contributed by atoms with Crippen molar-refractivity contribution < 1.29 is 0 Å². The van der Waals surface area contributed by atoms with Crippen molar-refractivity contribution in [3.63, 3.8) is 0 Å². The van der Waals surface area contributed by atoms with E-state index in [0.717, 1.165) is 0 Å². The maximum absolute atomic E-state index is 6.18. The Labute approximate surface area is 139 Å². The first kappa shape index (κ1) is 22.7. The molecule has 1 atom stereocenters. The summed E-state index contributed by atoms with van der Waals surface area (Å²) in [5.41, 5.74) is 6.18. The molecule has 0 bridgehead atoms. The zero-order valence-corrected chi connectivity index (χ0v) is 15.9. The molecule has 0 aliphatic heterocycles. The van der Waals surface area contributed by atoms with Crippen LogP contribution >= 0.6 is 17.0 Å². The Hall–Kier alpha value is 0.440. The molecule has 0 heterocycles. The molecule has 124 valence electrons. The van der Waals surface area contributed by atoms with E-state index >= 15 is 0 Å². The first-order valence-corrected chi connectivity index (χ1v) is 9.06. The van der Waals surface area contributed by atoms with E-state index in [1.54, 1.807) is 0 Å². The largest absolute Gasteiger partial charge is 0.328 e. The van der Waals surface area contributed by atoms with E-state index in [4.69, 9.17) is 5.73 Å². The molecule has 0 aromatic rings. The monoisotopic (exact) mass is 349 g/mol. The number of halogens is 1. The van der Waals surface area contributed by atoms with Crippen molar-refractivity contribution in [2.45, 2.75) is 116 Å². The number of unbranched alkanes of at least 4 members (excludes halogenated alkanes) is 11. The van der Waals surface area contributed by atoms with Crippen LogP contribution in [0.25, 0.3) is 0 Å². The van der Waals surface area contributed by atoms with Gasteiger partial charge in [0.05, 0.1) is 0 Å². The molecule has 0 aromatic carbocycles. The predicted octanol–water partition coefficient (Wildman–Crippen LogP) is 6.78. The molecule has 0 aliphatic rings. The van der Waals surface area contributed by atoms with E-state index < -0.39 is 0 Å². The van der Waals surface area contributed by atoms with Crippen LogP contribution in [0.15, 0.2) is 0 Å². The van der Waals surface area contributed by atoms with Gasteiger partial charge in [0.2, 0.25) is 0 Å². The van der Waals surface area contributed by atoms with Gasteiger partial charge in [0.15, 0.2) is 0 Å². The molecule has 0 fully saturated rings. The van der Waals surface area contributed by atoms with Crippen LogP contribution in [0.2, 0.25) is 0 Å². The summed E-state index contributed by atoms with van der Waals surface area (Å²) in [6, 6.07) is 0.474. The molecule has 0 saturated carbocycles. The minimum atomic E-state index is 0. The van der Waals surface area contributed by atoms with E-state index in [1.807, 2.05) is 0 Å². The van der Waals surface area contributed by atoms with Crippen molar-refractivity contribution in [3.05, 3.63) is 0 Å². The van der Waals surface area contributed by atoms with E-state index in [2.05, 4.69) is 13.8 Å². The van der Waals surface area contributed by atoms with E-state index in [-0.39, 0.29) is 17.0 Å². The van der Waals surface area contributed by atoms with Crippen LogP contribution in [0, 0.1) is 0 Å². The molecule has 1 unspecified atom stereocenters. The molecular formula is C18H40BrN. The lowest BCUT2D eigenvalue weighted by molar-refractivity contribution is 0.483. The van der Waals surface area contributed by atoms with Crippen molar-refractivity contribution in [3.8, 4) is 0 Å². The second kappa shape index (κ2) is 19.4. The summed E-state index contributed by atoms with van der Waals surface area (Å²) >= 11 is 0. The Morgan fingerprint density at radius 2 is 0.850 bits per heavy atom. The SMILES string of the molecule is Br.CCCCCCCCCC(N)CCCCCCCC. The second-order valence-electron chi connectivity index (χ2n) is 6.23. The first-order chi connectivity index (χ1) is 9.31. The highest BCUT2D eigenvalue weighted by Gasteiger charge is 2.02. The predicted molar refractivity (Wildman–Crippen MR) is 98.9 cm³/mol. The third-order valence-electron chi connectivity index (χ3n) is 4.11. The van der Waals surface area contributed by atoms with Crippen LogP contribution in [-0.4, -0.2) is 6.04 Å². The summed E-state index contributed by atoms with van der Waals surface area (Å²) in [6.07, 6.45) is 20.6. The molecule has 2 heteroatoms. The molecule has 0 rings (SSSR count). The summed E-state index contributed by atoms with van der Waals surface area (Å²) in [4.78, 5) is 0. The fourth-order valence-corrected chi connectivity index (χ4v) is 2.69. The number of hydrogen-bond donors (Lipinski definition) is 1. The average molecular weight is 350 g/mol. The molecule has 0 saturated heterocycles. The topological polar surface area (TPSA) is 26.0 Å². The molecule has 1 nitrogen and oxygen atoms in total. The van der Waals surface area contributed by atoms with Crippen LogP contribution in [0.4, 0.5) is 0 Å². The van der Waals surface area contributed by atoms with E-state index in [9.17, 15) is 0 Å². The lowest BCUT2D eigenvalue weighted by Gasteiger charge is -2.11. The van der Waals surface area contributed by atoms with Crippen LogP contribution in [0.3, 0.4) is 0 Å². The van der Waals surface area contributed by atoms with Crippen molar-refractivity contribution in [1.82, 2.24) is 0 Å². The molecular weight excluding hydrogens is 310 g/mol. The van der Waals surface area contributed by atoms with Gasteiger partial charge in [-0.15, -0.1) is 17.0 Å². The van der Waals surface area contributed by atoms with Gasteiger partial charge in [-0.3, -0.25) is 0 Å². The normalized spacial score (nSPS) is 12.2. The molecule has 0 amide bonds. The molecule has 0 radical (unpaired) electrons. The van der Waals surface area contributed by atoms with Gasteiger partial charge in [0.25, 0.3) is 0 Å². The third-order valence-corrected chi connectivity index (χ3v) is 4.11. The molecule has 0 spiro atoms. The van der Waals surface area contributed by atoms with Crippen molar-refractivity contribution >= 4 is 17.0 Å². The number of hydrogen-bond acceptors (Lipinski definition) is 1. The lowest BCUT2D eigenvalue weighted by Crippen LogP contribution is -2.19. The summed E-state index contributed by atoms with van der Waals surface area (Å²) in [7, 11) is 0. The van der Waals surface area contributed by atoms with Crippen molar-refractivity contribution in [1.29, 1.82) is 0 Å². The first-order valence-electron chi connectivity index (χ1n) is 9.06. The summed E-state index contributed by atoms with van der Waals surface area (Å²) in [5, 5.41) is 0. The Balaban J connectivity index is 0. The fourth-order valence-electron chi connectivity index (χ4n) is 2.69. The summed E-state index contributed by atoms with van der Waals surface area (Å²) in [6.45, 7) is 4.56. The van der Waals surface area contributed by atoms with Gasteiger partial charge in [-0.05, 0) is 12.8 Å². The minimum Gasteiger partial charge on any atom is -0.328 e. The highest BCUT2D eigenvalue weighted by Crippen LogP contribution is 2.13. The smallest absolute Gasteiger partial charge is 0.00388 e. The highest BCUT2D eigenvalue weighted by molar-refractivity contribution is 8.93. The third kappa shape index (κ3) is 18.4. The fraction of sp³-hybridized carbons (Fsp3) is 1.00. The standard InChI is InChI=1S/C18H39N.BrH/c1-3-5-7-9-11-13-15-17-18(19)16-14-12-10-8-6-4-2;/h18H,3-17,19H2,1-2H3;1H. The van der Waals surface area contributed by atoms with Gasteiger partial charge in [-0.1, -0.05) is 97.3 Å². The van der Waals surface area contributed by atoms with Gasteiger partial charge in [0, 0.05) is 6.04 Å². The Morgan fingerprint density at radius 1 is 0.550 bits per heavy atom. The van der Waals surface area contributed by atoms with Gasteiger partial charge < -0.3 is 5.73 Å². The van der Waals surface area contributed by atoms with Gasteiger partial charge in [-0.25, -0.2) is 0 Å². The van der Waals surface area contributed by atoms with Crippen LogP contribution in [-0.2, 0) is 0 Å². The van der Waals surface area contributed by atoms with Gasteiger partial charge in [0.1, 0.15) is 0 Å². The Bertz CT molecular complexity index is 161. The molecule has 2 N–H and O–H groups in total.